The molecule has 1 aliphatic rings. The first-order valence-corrected chi connectivity index (χ1v) is 6.95. The summed E-state index contributed by atoms with van der Waals surface area (Å²) in [6.45, 7) is 11.8. The maximum atomic E-state index is 2.42. The van der Waals surface area contributed by atoms with Gasteiger partial charge in [-0.3, -0.25) is 0 Å². The van der Waals surface area contributed by atoms with Crippen LogP contribution in [0.5, 0.6) is 0 Å². The van der Waals surface area contributed by atoms with E-state index in [0.29, 0.717) is 10.8 Å². The highest BCUT2D eigenvalue weighted by Gasteiger charge is 2.32. The predicted molar refractivity (Wildman–Crippen MR) is 75.7 cm³/mol. The van der Waals surface area contributed by atoms with E-state index >= 15 is 0 Å². The first-order valence-electron chi connectivity index (χ1n) is 6.95. The van der Waals surface area contributed by atoms with E-state index in [1.54, 1.807) is 11.1 Å². The Morgan fingerprint density at radius 1 is 0.824 bits per heavy atom. The van der Waals surface area contributed by atoms with Gasteiger partial charge in [0.15, 0.2) is 0 Å². The largest absolute Gasteiger partial charge is 0.0590 e. The molecule has 0 unspecified atom stereocenters. The van der Waals surface area contributed by atoms with Crippen molar-refractivity contribution >= 4 is 0 Å². The number of aryl methyl sites for hydroxylation is 1. The zero-order valence-corrected chi connectivity index (χ0v) is 12.1. The monoisotopic (exact) mass is 230 g/mol. The van der Waals surface area contributed by atoms with Gasteiger partial charge in [-0.25, -0.2) is 0 Å². The minimum atomic E-state index is 0.332. The normalized spacial score (nSPS) is 22.4. The van der Waals surface area contributed by atoms with Crippen LogP contribution < -0.4 is 0 Å². The standard InChI is InChI=1S/C17H26/c1-13-8-9-14-15(12-13)17(4,5)11-7-6-10-16(14,2)3/h8-9,12H,6-7,10-11H2,1-5H3. The van der Waals surface area contributed by atoms with Crippen molar-refractivity contribution in [2.45, 2.75) is 71.1 Å². The topological polar surface area (TPSA) is 0 Å². The Balaban J connectivity index is 2.61. The van der Waals surface area contributed by atoms with Crippen LogP contribution in [-0.2, 0) is 10.8 Å². The third-order valence-electron chi connectivity index (χ3n) is 4.49. The first-order chi connectivity index (χ1) is 7.83. The summed E-state index contributed by atoms with van der Waals surface area (Å²) in [5, 5.41) is 0. The molecular formula is C17H26. The van der Waals surface area contributed by atoms with Gasteiger partial charge in [0.2, 0.25) is 0 Å². The average Bonchev–Trinajstić information content (AvgIpc) is 2.23. The van der Waals surface area contributed by atoms with Crippen molar-refractivity contribution in [2.24, 2.45) is 0 Å². The highest BCUT2D eigenvalue weighted by molar-refractivity contribution is 5.41. The quantitative estimate of drug-likeness (QED) is 0.580. The summed E-state index contributed by atoms with van der Waals surface area (Å²) in [4.78, 5) is 0. The lowest BCUT2D eigenvalue weighted by Gasteiger charge is -2.37. The Morgan fingerprint density at radius 3 is 1.94 bits per heavy atom. The van der Waals surface area contributed by atoms with Crippen molar-refractivity contribution < 1.29 is 0 Å². The van der Waals surface area contributed by atoms with Crippen LogP contribution in [0.15, 0.2) is 18.2 Å². The molecule has 0 saturated carbocycles. The Kier molecular flexibility index (Phi) is 3.10. The predicted octanol–water partition coefficient (Wildman–Crippen LogP) is 5.12. The number of rotatable bonds is 0. The van der Waals surface area contributed by atoms with E-state index in [1.807, 2.05) is 0 Å². The fraction of sp³-hybridized carbons (Fsp3) is 0.647. The zero-order chi connectivity index (χ0) is 12.7. The van der Waals surface area contributed by atoms with Crippen LogP contribution in [-0.4, -0.2) is 0 Å². The molecule has 0 amide bonds. The van der Waals surface area contributed by atoms with Gasteiger partial charge in [0.1, 0.15) is 0 Å². The lowest BCUT2D eigenvalue weighted by atomic mass is 9.67. The van der Waals surface area contributed by atoms with Crippen LogP contribution in [0.25, 0.3) is 0 Å². The van der Waals surface area contributed by atoms with Gasteiger partial charge in [0, 0.05) is 0 Å². The highest BCUT2D eigenvalue weighted by Crippen LogP contribution is 2.42. The summed E-state index contributed by atoms with van der Waals surface area (Å²) in [5.74, 6) is 0. The summed E-state index contributed by atoms with van der Waals surface area (Å²) < 4.78 is 0. The number of hydrogen-bond donors (Lipinski definition) is 0. The van der Waals surface area contributed by atoms with Gasteiger partial charge in [0.05, 0.1) is 0 Å². The van der Waals surface area contributed by atoms with E-state index in [9.17, 15) is 0 Å². The third-order valence-corrected chi connectivity index (χ3v) is 4.49. The second-order valence-corrected chi connectivity index (χ2v) is 7.02. The van der Waals surface area contributed by atoms with Gasteiger partial charge in [-0.1, -0.05) is 64.3 Å². The SMILES string of the molecule is Cc1ccc2c(c1)C(C)(C)CCCCC2(C)C. The van der Waals surface area contributed by atoms with Crippen LogP contribution in [0.1, 0.15) is 70.1 Å². The molecule has 0 atom stereocenters. The number of benzene rings is 1. The van der Waals surface area contributed by atoms with E-state index in [2.05, 4.69) is 52.8 Å². The van der Waals surface area contributed by atoms with Crippen LogP contribution in [0.3, 0.4) is 0 Å². The number of fused-ring (bicyclic) bond motifs is 1. The molecule has 0 saturated heterocycles. The molecule has 17 heavy (non-hydrogen) atoms. The van der Waals surface area contributed by atoms with Gasteiger partial charge in [-0.05, 0) is 41.7 Å². The molecule has 0 bridgehead atoms. The Morgan fingerprint density at radius 2 is 1.35 bits per heavy atom. The van der Waals surface area contributed by atoms with E-state index in [-0.39, 0.29) is 0 Å². The molecule has 2 rings (SSSR count). The molecule has 1 aliphatic carbocycles. The van der Waals surface area contributed by atoms with E-state index < -0.39 is 0 Å². The number of hydrogen-bond acceptors (Lipinski definition) is 0. The smallest absolute Gasteiger partial charge is 0.0101 e. The molecule has 94 valence electrons. The van der Waals surface area contributed by atoms with Crippen LogP contribution in [0.4, 0.5) is 0 Å². The van der Waals surface area contributed by atoms with Crippen molar-refractivity contribution in [3.05, 3.63) is 34.9 Å². The Bertz CT molecular complexity index is 410. The molecule has 0 heteroatoms. The molecule has 0 radical (unpaired) electrons. The van der Waals surface area contributed by atoms with Crippen molar-refractivity contribution in [1.82, 2.24) is 0 Å². The zero-order valence-electron chi connectivity index (χ0n) is 12.1. The highest BCUT2D eigenvalue weighted by atomic mass is 14.4. The fourth-order valence-corrected chi connectivity index (χ4v) is 3.21. The molecule has 0 aliphatic heterocycles. The molecule has 0 N–H and O–H groups in total. The van der Waals surface area contributed by atoms with Gasteiger partial charge >= 0.3 is 0 Å². The summed E-state index contributed by atoms with van der Waals surface area (Å²) in [6, 6.07) is 7.07. The van der Waals surface area contributed by atoms with Crippen LogP contribution in [0.2, 0.25) is 0 Å². The van der Waals surface area contributed by atoms with Crippen molar-refractivity contribution in [2.75, 3.05) is 0 Å². The molecule has 0 fully saturated rings. The van der Waals surface area contributed by atoms with Gasteiger partial charge in [-0.2, -0.15) is 0 Å². The second kappa shape index (κ2) is 4.15. The Labute approximate surface area is 106 Å². The van der Waals surface area contributed by atoms with E-state index in [1.165, 1.54) is 31.2 Å². The van der Waals surface area contributed by atoms with Crippen molar-refractivity contribution in [3.63, 3.8) is 0 Å². The van der Waals surface area contributed by atoms with Gasteiger partial charge in [-0.15, -0.1) is 0 Å². The van der Waals surface area contributed by atoms with Crippen molar-refractivity contribution in [3.8, 4) is 0 Å². The molecular weight excluding hydrogens is 204 g/mol. The summed E-state index contributed by atoms with van der Waals surface area (Å²) in [6.07, 6.45) is 5.37. The van der Waals surface area contributed by atoms with Crippen LogP contribution in [0, 0.1) is 6.92 Å². The molecule has 0 heterocycles. The maximum absolute atomic E-state index is 2.42. The Hall–Kier alpha value is -0.780. The summed E-state index contributed by atoms with van der Waals surface area (Å²) >= 11 is 0. The van der Waals surface area contributed by atoms with E-state index in [0.717, 1.165) is 0 Å². The molecule has 1 aromatic rings. The molecule has 0 nitrogen and oxygen atoms in total. The first kappa shape index (κ1) is 12.7. The van der Waals surface area contributed by atoms with E-state index in [4.69, 9.17) is 0 Å². The summed E-state index contributed by atoms with van der Waals surface area (Å²) in [5.41, 5.74) is 5.22. The fourth-order valence-electron chi connectivity index (χ4n) is 3.21. The lowest BCUT2D eigenvalue weighted by Crippen LogP contribution is -2.29. The second-order valence-electron chi connectivity index (χ2n) is 7.02. The lowest BCUT2D eigenvalue weighted by molar-refractivity contribution is 0.366. The van der Waals surface area contributed by atoms with Gasteiger partial charge in [0.25, 0.3) is 0 Å². The molecule has 0 spiro atoms. The van der Waals surface area contributed by atoms with Gasteiger partial charge < -0.3 is 0 Å². The third kappa shape index (κ3) is 2.41. The van der Waals surface area contributed by atoms with Crippen LogP contribution >= 0.6 is 0 Å². The molecule has 1 aromatic carbocycles. The average molecular weight is 230 g/mol. The minimum Gasteiger partial charge on any atom is -0.0590 e. The molecule has 0 aromatic heterocycles. The summed E-state index contributed by atoms with van der Waals surface area (Å²) in [7, 11) is 0. The van der Waals surface area contributed by atoms with Crippen molar-refractivity contribution in [1.29, 1.82) is 0 Å². The maximum Gasteiger partial charge on any atom is -0.0101 e. The minimum absolute atomic E-state index is 0.332.